The Morgan fingerprint density at radius 3 is 2.81 bits per heavy atom. The average Bonchev–Trinajstić information content (AvgIpc) is 2.26. The minimum absolute atomic E-state index is 0.396. The number of hydrogen-bond donors (Lipinski definition) is 2. The highest BCUT2D eigenvalue weighted by atomic mass is 16.3. The zero-order chi connectivity index (χ0) is 11.7. The predicted octanol–water partition coefficient (Wildman–Crippen LogP) is 1.90. The van der Waals surface area contributed by atoms with Crippen molar-refractivity contribution in [3.8, 4) is 17.1 Å². The first kappa shape index (κ1) is 10.3. The van der Waals surface area contributed by atoms with Gasteiger partial charge in [0.15, 0.2) is 5.75 Å². The standard InChI is InChI=1S/C12H11NO3/c1-7-8(3-2-4-9(7)13)12-5-10(14)11(15)6-16-12/h2-6,15H,13H2,1H3. The quantitative estimate of drug-likeness (QED) is 0.715. The molecule has 2 aromatic rings. The Morgan fingerprint density at radius 1 is 1.38 bits per heavy atom. The number of aromatic hydroxyl groups is 1. The topological polar surface area (TPSA) is 76.5 Å². The zero-order valence-corrected chi connectivity index (χ0v) is 8.73. The van der Waals surface area contributed by atoms with E-state index < -0.39 is 11.2 Å². The Balaban J connectivity index is 2.63. The van der Waals surface area contributed by atoms with Gasteiger partial charge in [0, 0.05) is 17.3 Å². The monoisotopic (exact) mass is 217 g/mol. The van der Waals surface area contributed by atoms with Crippen LogP contribution in [-0.4, -0.2) is 5.11 Å². The maximum Gasteiger partial charge on any atom is 0.227 e. The Bertz CT molecular complexity index is 587. The largest absolute Gasteiger partial charge is 0.502 e. The summed E-state index contributed by atoms with van der Waals surface area (Å²) >= 11 is 0. The maximum absolute atomic E-state index is 11.3. The van der Waals surface area contributed by atoms with Crippen LogP contribution >= 0.6 is 0 Å². The number of benzene rings is 1. The van der Waals surface area contributed by atoms with Crippen molar-refractivity contribution < 1.29 is 9.52 Å². The molecule has 1 heterocycles. The van der Waals surface area contributed by atoms with Crippen LogP contribution < -0.4 is 11.2 Å². The normalized spacial score (nSPS) is 10.3. The molecule has 0 aliphatic heterocycles. The molecule has 0 fully saturated rings. The summed E-state index contributed by atoms with van der Waals surface area (Å²) in [5, 5.41) is 9.08. The molecule has 3 N–H and O–H groups in total. The van der Waals surface area contributed by atoms with Crippen LogP contribution in [0.25, 0.3) is 11.3 Å². The smallest absolute Gasteiger partial charge is 0.227 e. The highest BCUT2D eigenvalue weighted by molar-refractivity contribution is 5.68. The molecule has 0 unspecified atom stereocenters. The fraction of sp³-hybridized carbons (Fsp3) is 0.0833. The van der Waals surface area contributed by atoms with Gasteiger partial charge in [0.2, 0.25) is 5.43 Å². The van der Waals surface area contributed by atoms with Crippen LogP contribution in [0.4, 0.5) is 5.69 Å². The molecule has 0 aliphatic rings. The lowest BCUT2D eigenvalue weighted by molar-refractivity contribution is 0.433. The fourth-order valence-corrected chi connectivity index (χ4v) is 1.47. The van der Waals surface area contributed by atoms with Gasteiger partial charge in [-0.1, -0.05) is 12.1 Å². The van der Waals surface area contributed by atoms with Gasteiger partial charge in [0.1, 0.15) is 12.0 Å². The maximum atomic E-state index is 11.3. The highest BCUT2D eigenvalue weighted by Gasteiger charge is 2.08. The summed E-state index contributed by atoms with van der Waals surface area (Å²) in [6.07, 6.45) is 1.03. The third-order valence-corrected chi connectivity index (χ3v) is 2.45. The van der Waals surface area contributed by atoms with E-state index in [2.05, 4.69) is 0 Å². The summed E-state index contributed by atoms with van der Waals surface area (Å²) in [7, 11) is 0. The van der Waals surface area contributed by atoms with E-state index in [4.69, 9.17) is 15.3 Å². The van der Waals surface area contributed by atoms with Gasteiger partial charge in [-0.25, -0.2) is 0 Å². The van der Waals surface area contributed by atoms with E-state index in [1.807, 2.05) is 6.92 Å². The SMILES string of the molecule is Cc1c(N)cccc1-c1cc(=O)c(O)co1. The Labute approximate surface area is 92.0 Å². The molecule has 2 rings (SSSR count). The number of anilines is 1. The number of nitrogens with two attached hydrogens (primary N) is 1. The van der Waals surface area contributed by atoms with Crippen molar-refractivity contribution in [2.45, 2.75) is 6.92 Å². The summed E-state index contributed by atoms with van der Waals surface area (Å²) in [4.78, 5) is 11.3. The van der Waals surface area contributed by atoms with Crippen molar-refractivity contribution in [1.29, 1.82) is 0 Å². The van der Waals surface area contributed by atoms with Gasteiger partial charge in [-0.2, -0.15) is 0 Å². The second-order valence-electron chi connectivity index (χ2n) is 3.51. The molecule has 0 saturated carbocycles. The van der Waals surface area contributed by atoms with E-state index in [0.717, 1.165) is 17.4 Å². The van der Waals surface area contributed by atoms with Crippen molar-refractivity contribution in [1.82, 2.24) is 0 Å². The van der Waals surface area contributed by atoms with E-state index in [-0.39, 0.29) is 0 Å². The molecule has 16 heavy (non-hydrogen) atoms. The Kier molecular flexibility index (Phi) is 2.40. The minimum atomic E-state index is -0.469. The molecule has 4 heteroatoms. The van der Waals surface area contributed by atoms with Crippen molar-refractivity contribution in [3.05, 3.63) is 46.3 Å². The van der Waals surface area contributed by atoms with Gasteiger partial charge >= 0.3 is 0 Å². The minimum Gasteiger partial charge on any atom is -0.502 e. The van der Waals surface area contributed by atoms with Gasteiger partial charge in [0.25, 0.3) is 0 Å². The van der Waals surface area contributed by atoms with Crippen LogP contribution in [-0.2, 0) is 0 Å². The number of hydrogen-bond acceptors (Lipinski definition) is 4. The van der Waals surface area contributed by atoms with Crippen molar-refractivity contribution in [2.75, 3.05) is 5.73 Å². The molecule has 1 aromatic heterocycles. The highest BCUT2D eigenvalue weighted by Crippen LogP contribution is 2.26. The van der Waals surface area contributed by atoms with Gasteiger partial charge in [0.05, 0.1) is 0 Å². The molecule has 0 aliphatic carbocycles. The lowest BCUT2D eigenvalue weighted by Gasteiger charge is -2.06. The van der Waals surface area contributed by atoms with Crippen molar-refractivity contribution in [2.24, 2.45) is 0 Å². The molecule has 82 valence electrons. The van der Waals surface area contributed by atoms with Crippen molar-refractivity contribution >= 4 is 5.69 Å². The molecule has 0 atom stereocenters. The average molecular weight is 217 g/mol. The molecule has 0 spiro atoms. The van der Waals surface area contributed by atoms with Crippen LogP contribution in [0.2, 0.25) is 0 Å². The first-order valence-electron chi connectivity index (χ1n) is 4.77. The zero-order valence-electron chi connectivity index (χ0n) is 8.73. The summed E-state index contributed by atoms with van der Waals surface area (Å²) in [6.45, 7) is 1.84. The van der Waals surface area contributed by atoms with Gasteiger partial charge in [-0.15, -0.1) is 0 Å². The molecule has 1 aromatic carbocycles. The van der Waals surface area contributed by atoms with E-state index in [9.17, 15) is 4.79 Å². The first-order chi connectivity index (χ1) is 7.59. The molecule has 0 bridgehead atoms. The Morgan fingerprint density at radius 2 is 2.12 bits per heavy atom. The lowest BCUT2D eigenvalue weighted by atomic mass is 10.0. The van der Waals surface area contributed by atoms with E-state index in [0.29, 0.717) is 11.4 Å². The fourth-order valence-electron chi connectivity index (χ4n) is 1.47. The van der Waals surface area contributed by atoms with Crippen LogP contribution in [0.1, 0.15) is 5.56 Å². The van der Waals surface area contributed by atoms with Crippen LogP contribution in [0, 0.1) is 6.92 Å². The molecular weight excluding hydrogens is 206 g/mol. The van der Waals surface area contributed by atoms with E-state index in [1.54, 1.807) is 18.2 Å². The van der Waals surface area contributed by atoms with E-state index >= 15 is 0 Å². The van der Waals surface area contributed by atoms with Gasteiger partial charge < -0.3 is 15.3 Å². The van der Waals surface area contributed by atoms with Crippen LogP contribution in [0.15, 0.2) is 39.7 Å². The number of rotatable bonds is 1. The predicted molar refractivity (Wildman–Crippen MR) is 61.2 cm³/mol. The summed E-state index contributed by atoms with van der Waals surface area (Å²) in [5.41, 5.74) is 7.51. The third kappa shape index (κ3) is 1.65. The van der Waals surface area contributed by atoms with Crippen molar-refractivity contribution in [3.63, 3.8) is 0 Å². The molecule has 0 saturated heterocycles. The molecular formula is C12H11NO3. The van der Waals surface area contributed by atoms with Crippen LogP contribution in [0.5, 0.6) is 5.75 Å². The third-order valence-electron chi connectivity index (χ3n) is 2.45. The summed E-state index contributed by atoms with van der Waals surface area (Å²) in [6, 6.07) is 6.61. The van der Waals surface area contributed by atoms with E-state index in [1.165, 1.54) is 6.07 Å². The molecule has 0 radical (unpaired) electrons. The second-order valence-corrected chi connectivity index (χ2v) is 3.51. The lowest BCUT2D eigenvalue weighted by Crippen LogP contribution is -1.99. The summed E-state index contributed by atoms with van der Waals surface area (Å²) < 4.78 is 5.16. The van der Waals surface area contributed by atoms with Crippen LogP contribution in [0.3, 0.4) is 0 Å². The van der Waals surface area contributed by atoms with Gasteiger partial charge in [-0.3, -0.25) is 4.79 Å². The summed E-state index contributed by atoms with van der Waals surface area (Å²) in [5.74, 6) is -0.00194. The molecule has 0 amide bonds. The molecule has 4 nitrogen and oxygen atoms in total. The second kappa shape index (κ2) is 3.73. The first-order valence-corrected chi connectivity index (χ1v) is 4.77. The van der Waals surface area contributed by atoms with Gasteiger partial charge in [-0.05, 0) is 18.6 Å². The Hall–Kier alpha value is -2.23. The number of nitrogen functional groups attached to an aromatic ring is 1.